The third-order valence-electron chi connectivity index (χ3n) is 5.79. The number of hydrogen-bond acceptors (Lipinski definition) is 4. The van der Waals surface area contributed by atoms with Gasteiger partial charge in [0, 0.05) is 30.5 Å². The largest absolute Gasteiger partial charge is 0.378 e. The number of guanidine groups is 1. The summed E-state index contributed by atoms with van der Waals surface area (Å²) in [4.78, 5) is 9.11. The summed E-state index contributed by atoms with van der Waals surface area (Å²) in [6, 6.07) is 0.472. The maximum atomic E-state index is 6.01. The first kappa shape index (κ1) is 21.9. The minimum absolute atomic E-state index is 0. The minimum atomic E-state index is 0. The summed E-state index contributed by atoms with van der Waals surface area (Å²) in [7, 11) is 1.84. The van der Waals surface area contributed by atoms with Gasteiger partial charge in [0.05, 0.1) is 18.3 Å². The van der Waals surface area contributed by atoms with Crippen LogP contribution in [0.4, 0.5) is 0 Å². The standard InChI is InChI=1S/C19H32N4OS.HI/c1-5-24-16-10-15(19(16)8-6-7-9-19)23-18(20-4)21-11-17-22-14(12-25-17)13(2)3;/h12-13,15-16H,5-11H2,1-4H3,(H2,20,21,23);1H. The highest BCUT2D eigenvalue weighted by Crippen LogP contribution is 2.54. The van der Waals surface area contributed by atoms with Gasteiger partial charge in [-0.2, -0.15) is 0 Å². The second kappa shape index (κ2) is 9.68. The maximum absolute atomic E-state index is 6.01. The van der Waals surface area contributed by atoms with Crippen LogP contribution in [0.25, 0.3) is 0 Å². The van der Waals surface area contributed by atoms with E-state index in [0.717, 1.165) is 30.5 Å². The van der Waals surface area contributed by atoms with Crippen LogP contribution in [0.3, 0.4) is 0 Å². The van der Waals surface area contributed by atoms with Gasteiger partial charge in [-0.25, -0.2) is 4.98 Å². The molecule has 2 saturated carbocycles. The number of aliphatic imine (C=N–C) groups is 1. The number of ether oxygens (including phenoxy) is 1. The molecule has 0 radical (unpaired) electrons. The zero-order chi connectivity index (χ0) is 17.9. The molecular formula is C19H33IN4OS. The number of thiazole rings is 1. The Balaban J connectivity index is 0.00000243. The molecule has 0 aromatic carbocycles. The molecule has 2 N–H and O–H groups in total. The number of nitrogens with one attached hydrogen (secondary N) is 2. The van der Waals surface area contributed by atoms with Crippen LogP contribution in [-0.2, 0) is 11.3 Å². The molecular weight excluding hydrogens is 459 g/mol. The van der Waals surface area contributed by atoms with E-state index in [1.807, 2.05) is 7.05 Å². The molecule has 1 spiro atoms. The summed E-state index contributed by atoms with van der Waals surface area (Å²) in [6.45, 7) is 8.00. The van der Waals surface area contributed by atoms with E-state index < -0.39 is 0 Å². The van der Waals surface area contributed by atoms with Crippen molar-refractivity contribution < 1.29 is 4.74 Å². The van der Waals surface area contributed by atoms with Crippen LogP contribution in [0.1, 0.15) is 69.5 Å². The van der Waals surface area contributed by atoms with Crippen molar-refractivity contribution in [3.05, 3.63) is 16.1 Å². The molecule has 0 saturated heterocycles. The number of rotatable bonds is 6. The first-order valence-corrected chi connectivity index (χ1v) is 10.5. The molecule has 2 atom stereocenters. The van der Waals surface area contributed by atoms with Crippen molar-refractivity contribution >= 4 is 41.3 Å². The maximum Gasteiger partial charge on any atom is 0.191 e. The van der Waals surface area contributed by atoms with E-state index in [9.17, 15) is 0 Å². The van der Waals surface area contributed by atoms with E-state index in [0.29, 0.717) is 23.5 Å². The zero-order valence-electron chi connectivity index (χ0n) is 16.4. The van der Waals surface area contributed by atoms with Crippen LogP contribution in [0.5, 0.6) is 0 Å². The van der Waals surface area contributed by atoms with Crippen LogP contribution in [0, 0.1) is 5.41 Å². The van der Waals surface area contributed by atoms with Gasteiger partial charge in [-0.05, 0) is 32.1 Å². The Labute approximate surface area is 178 Å². The second-order valence-corrected chi connectivity index (χ2v) is 8.51. The summed E-state index contributed by atoms with van der Waals surface area (Å²) in [5.74, 6) is 1.36. The Morgan fingerprint density at radius 1 is 1.42 bits per heavy atom. The number of nitrogens with zero attached hydrogens (tertiary/aromatic N) is 2. The van der Waals surface area contributed by atoms with Crippen LogP contribution in [0.2, 0.25) is 0 Å². The van der Waals surface area contributed by atoms with Gasteiger partial charge in [0.2, 0.25) is 0 Å². The van der Waals surface area contributed by atoms with Gasteiger partial charge in [0.1, 0.15) is 5.01 Å². The summed E-state index contributed by atoms with van der Waals surface area (Å²) in [6.07, 6.45) is 6.70. The Kier molecular flexibility index (Phi) is 8.15. The summed E-state index contributed by atoms with van der Waals surface area (Å²) in [5, 5.41) is 10.4. The van der Waals surface area contributed by atoms with Crippen LogP contribution < -0.4 is 10.6 Å². The van der Waals surface area contributed by atoms with Crippen molar-refractivity contribution in [1.82, 2.24) is 15.6 Å². The quantitative estimate of drug-likeness (QED) is 0.354. The molecule has 5 nitrogen and oxygen atoms in total. The fraction of sp³-hybridized carbons (Fsp3) is 0.789. The van der Waals surface area contributed by atoms with Crippen molar-refractivity contribution in [3.63, 3.8) is 0 Å². The first-order valence-electron chi connectivity index (χ1n) is 9.62. The van der Waals surface area contributed by atoms with E-state index >= 15 is 0 Å². The lowest BCUT2D eigenvalue weighted by Gasteiger charge is -2.54. The molecule has 2 aliphatic rings. The van der Waals surface area contributed by atoms with Crippen molar-refractivity contribution in [2.75, 3.05) is 13.7 Å². The smallest absolute Gasteiger partial charge is 0.191 e. The minimum Gasteiger partial charge on any atom is -0.378 e. The zero-order valence-corrected chi connectivity index (χ0v) is 19.5. The highest BCUT2D eigenvalue weighted by atomic mass is 127. The lowest BCUT2D eigenvalue weighted by molar-refractivity contribution is -0.125. The molecule has 0 bridgehead atoms. The third-order valence-corrected chi connectivity index (χ3v) is 6.66. The molecule has 0 aliphatic heterocycles. The van der Waals surface area contributed by atoms with Gasteiger partial charge >= 0.3 is 0 Å². The Hall–Kier alpha value is -0.410. The third kappa shape index (κ3) is 4.52. The number of hydrogen-bond donors (Lipinski definition) is 2. The van der Waals surface area contributed by atoms with Crippen molar-refractivity contribution in [3.8, 4) is 0 Å². The first-order chi connectivity index (χ1) is 12.1. The molecule has 26 heavy (non-hydrogen) atoms. The summed E-state index contributed by atoms with van der Waals surface area (Å²) in [5.41, 5.74) is 1.49. The number of halogens is 1. The Bertz CT molecular complexity index is 598. The van der Waals surface area contributed by atoms with Crippen LogP contribution in [-0.4, -0.2) is 36.7 Å². The summed E-state index contributed by atoms with van der Waals surface area (Å²) >= 11 is 1.72. The molecule has 1 aromatic rings. The highest BCUT2D eigenvalue weighted by molar-refractivity contribution is 14.0. The van der Waals surface area contributed by atoms with Crippen molar-refractivity contribution in [2.45, 2.75) is 77.5 Å². The molecule has 2 fully saturated rings. The van der Waals surface area contributed by atoms with E-state index in [1.54, 1.807) is 11.3 Å². The predicted octanol–water partition coefficient (Wildman–Crippen LogP) is 4.29. The van der Waals surface area contributed by atoms with Crippen molar-refractivity contribution in [2.24, 2.45) is 10.4 Å². The molecule has 1 aromatic heterocycles. The van der Waals surface area contributed by atoms with Gasteiger partial charge in [0.25, 0.3) is 0 Å². The van der Waals surface area contributed by atoms with E-state index in [4.69, 9.17) is 4.74 Å². The molecule has 148 valence electrons. The predicted molar refractivity (Wildman–Crippen MR) is 120 cm³/mol. The van der Waals surface area contributed by atoms with Crippen LogP contribution >= 0.6 is 35.3 Å². The lowest BCUT2D eigenvalue weighted by atomic mass is 9.60. The molecule has 2 unspecified atom stereocenters. The molecule has 7 heteroatoms. The fourth-order valence-corrected chi connectivity index (χ4v) is 5.17. The molecule has 3 rings (SSSR count). The Morgan fingerprint density at radius 2 is 2.15 bits per heavy atom. The average molecular weight is 492 g/mol. The topological polar surface area (TPSA) is 58.5 Å². The van der Waals surface area contributed by atoms with Gasteiger partial charge in [0.15, 0.2) is 5.96 Å². The van der Waals surface area contributed by atoms with E-state index in [2.05, 4.69) is 46.8 Å². The monoisotopic (exact) mass is 492 g/mol. The highest BCUT2D eigenvalue weighted by Gasteiger charge is 2.56. The fourth-order valence-electron chi connectivity index (χ4n) is 4.28. The van der Waals surface area contributed by atoms with E-state index in [1.165, 1.54) is 31.4 Å². The van der Waals surface area contributed by atoms with Gasteiger partial charge in [-0.15, -0.1) is 35.3 Å². The van der Waals surface area contributed by atoms with Crippen LogP contribution in [0.15, 0.2) is 10.4 Å². The normalized spacial score (nSPS) is 24.4. The van der Waals surface area contributed by atoms with Gasteiger partial charge in [-0.1, -0.05) is 26.7 Å². The van der Waals surface area contributed by atoms with Gasteiger partial charge < -0.3 is 15.4 Å². The average Bonchev–Trinajstić information content (AvgIpc) is 3.27. The molecule has 1 heterocycles. The van der Waals surface area contributed by atoms with Gasteiger partial charge in [-0.3, -0.25) is 4.99 Å². The number of aromatic nitrogens is 1. The molecule has 0 amide bonds. The Morgan fingerprint density at radius 3 is 2.73 bits per heavy atom. The SMILES string of the molecule is CCOC1CC(NC(=NC)NCc2nc(C(C)C)cs2)C12CCCC2.I. The second-order valence-electron chi connectivity index (χ2n) is 7.56. The van der Waals surface area contributed by atoms with Crippen molar-refractivity contribution in [1.29, 1.82) is 0 Å². The van der Waals surface area contributed by atoms with E-state index in [-0.39, 0.29) is 24.0 Å². The summed E-state index contributed by atoms with van der Waals surface area (Å²) < 4.78 is 6.01. The lowest BCUT2D eigenvalue weighted by Crippen LogP contribution is -2.65. The molecule has 2 aliphatic carbocycles.